The number of ether oxygens (including phenoxy) is 2. The number of nitrogens with two attached hydrogens (primary N) is 1. The molecule has 31 heavy (non-hydrogen) atoms. The van der Waals surface area contributed by atoms with Crippen molar-refractivity contribution in [2.75, 3.05) is 25.1 Å². The number of methoxy groups -OCH3 is 1. The van der Waals surface area contributed by atoms with Gasteiger partial charge >= 0.3 is 12.1 Å². The van der Waals surface area contributed by atoms with E-state index >= 15 is 0 Å². The van der Waals surface area contributed by atoms with Crippen LogP contribution in [0.15, 0.2) is 36.4 Å². The van der Waals surface area contributed by atoms with E-state index in [0.717, 1.165) is 0 Å². The largest absolute Gasteiger partial charge is 0.465 e. The zero-order valence-corrected chi connectivity index (χ0v) is 17.1. The van der Waals surface area contributed by atoms with Gasteiger partial charge in [-0.1, -0.05) is 5.21 Å². The van der Waals surface area contributed by atoms with Gasteiger partial charge in [-0.15, -0.1) is 5.10 Å². The summed E-state index contributed by atoms with van der Waals surface area (Å²) < 4.78 is 26.2. The second-order valence-electron chi connectivity index (χ2n) is 6.69. The highest BCUT2D eigenvalue weighted by molar-refractivity contribution is 7.80. The highest BCUT2D eigenvalue weighted by atomic mass is 32.1. The number of carbonyl (C=O) groups is 2. The fourth-order valence-electron chi connectivity index (χ4n) is 3.23. The Kier molecular flexibility index (Phi) is 5.38. The van der Waals surface area contributed by atoms with Crippen molar-refractivity contribution in [1.82, 2.24) is 20.3 Å². The van der Waals surface area contributed by atoms with E-state index in [4.69, 9.17) is 27.4 Å². The summed E-state index contributed by atoms with van der Waals surface area (Å²) in [6.45, 7) is 0.466. The highest BCUT2D eigenvalue weighted by Gasteiger charge is 2.32. The van der Waals surface area contributed by atoms with Gasteiger partial charge in [-0.2, -0.15) is 0 Å². The van der Waals surface area contributed by atoms with Crippen LogP contribution < -0.4 is 16.0 Å². The standard InChI is InChI=1S/C19H17FN6O4S/c1-29-17(27)10-2-4-14-16(6-10)26(24-23-14)15-5-3-11(7-13(15)20)25-9-12(30-19(25)28)8-22-18(21)31/h2-7,12H,8-9H2,1H3,(H3,21,22,31)/t12-/m0/s1. The quantitative estimate of drug-likeness (QED) is 0.445. The van der Waals surface area contributed by atoms with Crippen LogP contribution in [0, 0.1) is 5.82 Å². The van der Waals surface area contributed by atoms with Crippen LogP contribution in [-0.2, 0) is 9.47 Å². The molecule has 0 saturated carbocycles. The van der Waals surface area contributed by atoms with Crippen molar-refractivity contribution in [3.63, 3.8) is 0 Å². The number of nitrogens with one attached hydrogen (secondary N) is 1. The Morgan fingerprint density at radius 1 is 1.39 bits per heavy atom. The molecular weight excluding hydrogens is 427 g/mol. The molecule has 3 N–H and O–H groups in total. The van der Waals surface area contributed by atoms with Gasteiger partial charge in [-0.05, 0) is 48.6 Å². The Bertz CT molecular complexity index is 1200. The molecular formula is C19H17FN6O4S. The number of benzene rings is 2. The first-order chi connectivity index (χ1) is 14.9. The second-order valence-corrected chi connectivity index (χ2v) is 7.13. The van der Waals surface area contributed by atoms with Crippen molar-refractivity contribution >= 4 is 46.1 Å². The van der Waals surface area contributed by atoms with E-state index in [-0.39, 0.29) is 29.5 Å². The van der Waals surface area contributed by atoms with Crippen molar-refractivity contribution in [3.05, 3.63) is 47.8 Å². The second kappa shape index (κ2) is 8.14. The number of carbonyl (C=O) groups excluding carboxylic acids is 2. The van der Waals surface area contributed by atoms with E-state index in [0.29, 0.717) is 16.7 Å². The predicted octanol–water partition coefficient (Wildman–Crippen LogP) is 1.50. The van der Waals surface area contributed by atoms with E-state index in [1.807, 2.05) is 0 Å². The lowest BCUT2D eigenvalue weighted by Gasteiger charge is -2.14. The van der Waals surface area contributed by atoms with Crippen molar-refractivity contribution in [3.8, 4) is 5.69 Å². The van der Waals surface area contributed by atoms with Gasteiger partial charge in [0, 0.05) is 0 Å². The maximum atomic E-state index is 15.0. The number of cyclic esters (lactones) is 1. The van der Waals surface area contributed by atoms with Crippen LogP contribution in [-0.4, -0.2) is 58.5 Å². The number of esters is 1. The average molecular weight is 444 g/mol. The molecule has 1 saturated heterocycles. The number of hydrogen-bond donors (Lipinski definition) is 2. The van der Waals surface area contributed by atoms with Crippen LogP contribution in [0.1, 0.15) is 10.4 Å². The number of aromatic nitrogens is 3. The zero-order chi connectivity index (χ0) is 22.1. The third-order valence-corrected chi connectivity index (χ3v) is 4.86. The Hall–Kier alpha value is -3.80. The lowest BCUT2D eigenvalue weighted by molar-refractivity contribution is 0.0601. The Morgan fingerprint density at radius 2 is 2.19 bits per heavy atom. The Balaban J connectivity index is 1.62. The summed E-state index contributed by atoms with van der Waals surface area (Å²) in [6, 6.07) is 8.91. The Morgan fingerprint density at radius 3 is 2.90 bits per heavy atom. The molecule has 4 rings (SSSR count). The number of thiocarbonyl (C=S) groups is 1. The van der Waals surface area contributed by atoms with Crippen LogP contribution in [0.25, 0.3) is 16.7 Å². The molecule has 1 atom stereocenters. The van der Waals surface area contributed by atoms with Crippen LogP contribution in [0.3, 0.4) is 0 Å². The first-order valence-corrected chi connectivity index (χ1v) is 9.53. The van der Waals surface area contributed by atoms with Crippen LogP contribution in [0.5, 0.6) is 0 Å². The molecule has 0 bridgehead atoms. The summed E-state index contributed by atoms with van der Waals surface area (Å²) >= 11 is 4.74. The molecule has 0 spiro atoms. The number of nitrogens with zero attached hydrogens (tertiary/aromatic N) is 4. The van der Waals surface area contributed by atoms with Gasteiger partial charge in [0.1, 0.15) is 17.3 Å². The minimum Gasteiger partial charge on any atom is -0.465 e. The van der Waals surface area contributed by atoms with Crippen molar-refractivity contribution in [2.24, 2.45) is 5.73 Å². The maximum Gasteiger partial charge on any atom is 0.414 e. The zero-order valence-electron chi connectivity index (χ0n) is 16.2. The molecule has 160 valence electrons. The summed E-state index contributed by atoms with van der Waals surface area (Å²) in [4.78, 5) is 25.3. The third-order valence-electron chi connectivity index (χ3n) is 4.72. The van der Waals surface area contributed by atoms with Gasteiger partial charge in [0.05, 0.1) is 37.0 Å². The lowest BCUT2D eigenvalue weighted by Crippen LogP contribution is -2.37. The summed E-state index contributed by atoms with van der Waals surface area (Å²) in [5.41, 5.74) is 7.00. The molecule has 12 heteroatoms. The number of fused-ring (bicyclic) bond motifs is 1. The lowest BCUT2D eigenvalue weighted by atomic mass is 10.2. The normalized spacial score (nSPS) is 15.7. The first kappa shape index (κ1) is 20.5. The molecule has 1 fully saturated rings. The fourth-order valence-corrected chi connectivity index (χ4v) is 3.31. The van der Waals surface area contributed by atoms with Gasteiger partial charge in [0.15, 0.2) is 10.9 Å². The van der Waals surface area contributed by atoms with Gasteiger partial charge in [-0.25, -0.2) is 18.7 Å². The van der Waals surface area contributed by atoms with Crippen molar-refractivity contribution in [2.45, 2.75) is 6.10 Å². The van der Waals surface area contributed by atoms with Crippen molar-refractivity contribution < 1.29 is 23.5 Å². The van der Waals surface area contributed by atoms with E-state index in [1.165, 1.54) is 34.9 Å². The van der Waals surface area contributed by atoms with Crippen LogP contribution in [0.2, 0.25) is 0 Å². The number of halogens is 1. The molecule has 2 heterocycles. The van der Waals surface area contributed by atoms with Crippen LogP contribution in [0.4, 0.5) is 14.9 Å². The SMILES string of the molecule is COC(=O)c1ccc2nnn(-c3ccc(N4C[C@H](CNC(N)=S)OC4=O)cc3F)c2c1. The predicted molar refractivity (Wildman–Crippen MR) is 113 cm³/mol. The minimum atomic E-state index is -0.634. The van der Waals surface area contributed by atoms with E-state index in [1.54, 1.807) is 18.2 Å². The minimum absolute atomic E-state index is 0.0975. The first-order valence-electron chi connectivity index (χ1n) is 9.12. The molecule has 3 aromatic rings. The van der Waals surface area contributed by atoms with Gasteiger partial charge in [0.25, 0.3) is 0 Å². The van der Waals surface area contributed by atoms with Gasteiger partial charge in [-0.3, -0.25) is 4.90 Å². The monoisotopic (exact) mass is 444 g/mol. The maximum absolute atomic E-state index is 15.0. The smallest absolute Gasteiger partial charge is 0.414 e. The third kappa shape index (κ3) is 3.97. The number of rotatable bonds is 5. The Labute approximate surface area is 180 Å². The molecule has 0 aliphatic carbocycles. The average Bonchev–Trinajstić information content (AvgIpc) is 3.34. The topological polar surface area (TPSA) is 125 Å². The van der Waals surface area contributed by atoms with Gasteiger partial charge in [0.2, 0.25) is 0 Å². The molecule has 0 unspecified atom stereocenters. The molecule has 1 aliphatic rings. The fraction of sp³-hybridized carbons (Fsp3) is 0.211. The molecule has 1 amide bonds. The molecule has 2 aromatic carbocycles. The molecule has 1 aromatic heterocycles. The highest BCUT2D eigenvalue weighted by Crippen LogP contribution is 2.27. The molecule has 0 radical (unpaired) electrons. The summed E-state index contributed by atoms with van der Waals surface area (Å²) in [6.07, 6.45) is -1.08. The van der Waals surface area contributed by atoms with Crippen LogP contribution >= 0.6 is 12.2 Å². The number of anilines is 1. The number of hydrogen-bond acceptors (Lipinski definition) is 7. The summed E-state index contributed by atoms with van der Waals surface area (Å²) in [5, 5.41) is 10.8. The molecule has 1 aliphatic heterocycles. The van der Waals surface area contributed by atoms with E-state index in [2.05, 4.69) is 15.6 Å². The van der Waals surface area contributed by atoms with E-state index < -0.39 is 24.0 Å². The van der Waals surface area contributed by atoms with Gasteiger partial charge < -0.3 is 20.5 Å². The number of amides is 1. The molecule has 10 nitrogen and oxygen atoms in total. The summed E-state index contributed by atoms with van der Waals surface area (Å²) in [5.74, 6) is -1.16. The van der Waals surface area contributed by atoms with E-state index in [9.17, 15) is 14.0 Å². The summed E-state index contributed by atoms with van der Waals surface area (Å²) in [7, 11) is 1.27. The van der Waals surface area contributed by atoms with Crippen molar-refractivity contribution in [1.29, 1.82) is 0 Å².